The summed E-state index contributed by atoms with van der Waals surface area (Å²) in [4.78, 5) is 16.7. The summed E-state index contributed by atoms with van der Waals surface area (Å²) in [5.74, 6) is 0.334. The molecule has 0 N–H and O–H groups in total. The van der Waals surface area contributed by atoms with Crippen LogP contribution in [0.3, 0.4) is 0 Å². The first-order valence-corrected chi connectivity index (χ1v) is 9.97. The van der Waals surface area contributed by atoms with E-state index >= 15 is 0 Å². The van der Waals surface area contributed by atoms with Gasteiger partial charge in [-0.1, -0.05) is 0 Å². The van der Waals surface area contributed by atoms with Crippen molar-refractivity contribution in [3.05, 3.63) is 0 Å². The number of rotatable bonds is 4. The van der Waals surface area contributed by atoms with Crippen molar-refractivity contribution < 1.29 is 13.2 Å². The van der Waals surface area contributed by atoms with Crippen LogP contribution in [-0.2, 0) is 14.8 Å². The number of piperidine rings is 1. The van der Waals surface area contributed by atoms with E-state index in [0.717, 1.165) is 12.8 Å². The normalized spacial score (nSPS) is 28.8. The molecule has 2 aliphatic rings. The molecule has 128 valence electrons. The van der Waals surface area contributed by atoms with Crippen LogP contribution in [0.4, 0.5) is 0 Å². The van der Waals surface area contributed by atoms with Crippen molar-refractivity contribution >= 4 is 15.9 Å². The molecule has 1 amide bonds. The molecule has 7 heteroatoms. The quantitative estimate of drug-likeness (QED) is 0.762. The van der Waals surface area contributed by atoms with Crippen molar-refractivity contribution in [2.75, 3.05) is 38.5 Å². The molecule has 2 aliphatic heterocycles. The first-order chi connectivity index (χ1) is 10.3. The summed E-state index contributed by atoms with van der Waals surface area (Å²) in [5.41, 5.74) is 0. The van der Waals surface area contributed by atoms with Crippen molar-refractivity contribution in [2.45, 2.75) is 52.1 Å². The van der Waals surface area contributed by atoms with Gasteiger partial charge in [-0.15, -0.1) is 0 Å². The highest BCUT2D eigenvalue weighted by atomic mass is 32.2. The van der Waals surface area contributed by atoms with Gasteiger partial charge in [0.1, 0.15) is 0 Å². The van der Waals surface area contributed by atoms with Crippen LogP contribution in [0.2, 0.25) is 0 Å². The van der Waals surface area contributed by atoms with Gasteiger partial charge in [0, 0.05) is 38.3 Å². The average molecular weight is 331 g/mol. The van der Waals surface area contributed by atoms with Crippen LogP contribution in [0.1, 0.15) is 40.0 Å². The Morgan fingerprint density at radius 3 is 2.09 bits per heavy atom. The van der Waals surface area contributed by atoms with Crippen LogP contribution in [0.5, 0.6) is 0 Å². The Morgan fingerprint density at radius 1 is 1.05 bits per heavy atom. The Bertz CT molecular complexity index is 476. The Labute approximate surface area is 134 Å². The van der Waals surface area contributed by atoms with Crippen molar-refractivity contribution in [2.24, 2.45) is 0 Å². The van der Waals surface area contributed by atoms with E-state index in [1.807, 2.05) is 4.90 Å². The summed E-state index contributed by atoms with van der Waals surface area (Å²) in [6.45, 7) is 8.60. The highest BCUT2D eigenvalue weighted by molar-refractivity contribution is 7.89. The summed E-state index contributed by atoms with van der Waals surface area (Å²) in [7, 11) is -3.10. The second-order valence-electron chi connectivity index (χ2n) is 6.51. The first-order valence-electron chi connectivity index (χ1n) is 8.36. The molecule has 0 aromatic heterocycles. The molecule has 2 fully saturated rings. The smallest absolute Gasteiger partial charge is 0.237 e. The number of hydrogen-bond acceptors (Lipinski definition) is 4. The van der Waals surface area contributed by atoms with Gasteiger partial charge in [-0.2, -0.15) is 4.31 Å². The minimum absolute atomic E-state index is 0.148. The van der Waals surface area contributed by atoms with E-state index in [2.05, 4.69) is 18.7 Å². The lowest BCUT2D eigenvalue weighted by Gasteiger charge is -2.41. The van der Waals surface area contributed by atoms with E-state index in [1.165, 1.54) is 6.42 Å². The second kappa shape index (κ2) is 7.27. The standard InChI is InChI=1S/C15H29N3O3S/c1-4-22(20,21)17-10-8-16(9-11-17)12-15(19)18-13(2)6-5-7-14(18)3/h13-14H,4-12H2,1-3H3. The third-order valence-corrected chi connectivity index (χ3v) is 6.81. The molecule has 0 bridgehead atoms. The van der Waals surface area contributed by atoms with Crippen LogP contribution < -0.4 is 0 Å². The lowest BCUT2D eigenvalue weighted by atomic mass is 9.97. The number of piperazine rings is 1. The Hall–Kier alpha value is -0.660. The molecule has 0 aromatic carbocycles. The largest absolute Gasteiger partial charge is 0.336 e. The van der Waals surface area contributed by atoms with E-state index in [9.17, 15) is 13.2 Å². The fourth-order valence-corrected chi connectivity index (χ4v) is 4.62. The van der Waals surface area contributed by atoms with Crippen molar-refractivity contribution in [1.82, 2.24) is 14.1 Å². The summed E-state index contributed by atoms with van der Waals surface area (Å²) in [6, 6.07) is 0.635. The van der Waals surface area contributed by atoms with Gasteiger partial charge >= 0.3 is 0 Å². The molecule has 0 aromatic rings. The number of sulfonamides is 1. The molecule has 2 saturated heterocycles. The Morgan fingerprint density at radius 2 is 1.59 bits per heavy atom. The predicted octanol–water partition coefficient (Wildman–Crippen LogP) is 0.743. The zero-order valence-electron chi connectivity index (χ0n) is 14.0. The topological polar surface area (TPSA) is 60.9 Å². The average Bonchev–Trinajstić information content (AvgIpc) is 2.47. The predicted molar refractivity (Wildman–Crippen MR) is 87.1 cm³/mol. The van der Waals surface area contributed by atoms with Crippen LogP contribution >= 0.6 is 0 Å². The van der Waals surface area contributed by atoms with Crippen LogP contribution in [0, 0.1) is 0 Å². The number of nitrogens with zero attached hydrogens (tertiary/aromatic N) is 3. The van der Waals surface area contributed by atoms with Gasteiger partial charge in [0.25, 0.3) is 0 Å². The van der Waals surface area contributed by atoms with E-state index in [0.29, 0.717) is 44.8 Å². The van der Waals surface area contributed by atoms with Gasteiger partial charge in [0.05, 0.1) is 12.3 Å². The zero-order chi connectivity index (χ0) is 16.3. The molecular weight excluding hydrogens is 302 g/mol. The zero-order valence-corrected chi connectivity index (χ0v) is 14.8. The molecule has 2 unspecified atom stereocenters. The molecule has 0 saturated carbocycles. The van der Waals surface area contributed by atoms with Crippen molar-refractivity contribution in [3.8, 4) is 0 Å². The molecule has 0 aliphatic carbocycles. The number of carbonyl (C=O) groups excluding carboxylic acids is 1. The maximum atomic E-state index is 12.6. The highest BCUT2D eigenvalue weighted by Crippen LogP contribution is 2.22. The minimum atomic E-state index is -3.10. The molecule has 22 heavy (non-hydrogen) atoms. The third-order valence-electron chi connectivity index (χ3n) is 4.93. The SMILES string of the molecule is CCS(=O)(=O)N1CCN(CC(=O)N2C(C)CCCC2C)CC1. The Kier molecular flexibility index (Phi) is 5.85. The van der Waals surface area contributed by atoms with E-state index in [1.54, 1.807) is 11.2 Å². The van der Waals surface area contributed by atoms with Gasteiger partial charge in [-0.25, -0.2) is 8.42 Å². The molecule has 6 nitrogen and oxygen atoms in total. The molecule has 2 heterocycles. The summed E-state index contributed by atoms with van der Waals surface area (Å²) >= 11 is 0. The van der Waals surface area contributed by atoms with E-state index in [4.69, 9.17) is 0 Å². The maximum absolute atomic E-state index is 12.6. The van der Waals surface area contributed by atoms with Gasteiger partial charge in [-0.05, 0) is 40.0 Å². The maximum Gasteiger partial charge on any atom is 0.237 e. The van der Waals surface area contributed by atoms with Crippen molar-refractivity contribution in [3.63, 3.8) is 0 Å². The molecule has 2 atom stereocenters. The van der Waals surface area contributed by atoms with Crippen LogP contribution in [0.15, 0.2) is 0 Å². The number of hydrogen-bond donors (Lipinski definition) is 0. The molecule has 0 radical (unpaired) electrons. The van der Waals surface area contributed by atoms with E-state index < -0.39 is 10.0 Å². The summed E-state index contributed by atoms with van der Waals surface area (Å²) < 4.78 is 25.2. The monoisotopic (exact) mass is 331 g/mol. The molecule has 2 rings (SSSR count). The number of carbonyl (C=O) groups is 1. The molecule has 0 spiro atoms. The summed E-state index contributed by atoms with van der Waals surface area (Å²) in [5, 5.41) is 0. The van der Waals surface area contributed by atoms with Gasteiger partial charge in [-0.3, -0.25) is 9.69 Å². The fraction of sp³-hybridized carbons (Fsp3) is 0.933. The second-order valence-corrected chi connectivity index (χ2v) is 8.76. The van der Waals surface area contributed by atoms with Crippen LogP contribution in [0.25, 0.3) is 0 Å². The highest BCUT2D eigenvalue weighted by Gasteiger charge is 2.31. The van der Waals surface area contributed by atoms with E-state index in [-0.39, 0.29) is 11.7 Å². The molecular formula is C15H29N3O3S. The van der Waals surface area contributed by atoms with Crippen molar-refractivity contribution in [1.29, 1.82) is 0 Å². The minimum Gasteiger partial charge on any atom is -0.336 e. The third kappa shape index (κ3) is 4.00. The van der Waals surface area contributed by atoms with Gasteiger partial charge in [0.15, 0.2) is 0 Å². The lowest BCUT2D eigenvalue weighted by molar-refractivity contribution is -0.138. The number of likely N-dealkylation sites (tertiary alicyclic amines) is 1. The van der Waals surface area contributed by atoms with Crippen LogP contribution in [-0.4, -0.2) is 79.0 Å². The fourth-order valence-electron chi connectivity index (χ4n) is 3.53. The Balaban J connectivity index is 1.86. The van der Waals surface area contributed by atoms with Gasteiger partial charge < -0.3 is 4.90 Å². The lowest BCUT2D eigenvalue weighted by Crippen LogP contribution is -2.54. The summed E-state index contributed by atoms with van der Waals surface area (Å²) in [6.07, 6.45) is 3.36. The van der Waals surface area contributed by atoms with Gasteiger partial charge in [0.2, 0.25) is 15.9 Å². The number of amides is 1. The first kappa shape index (κ1) is 17.7.